The van der Waals surface area contributed by atoms with Crippen molar-refractivity contribution >= 4 is 17.6 Å². The third kappa shape index (κ3) is 4.66. The number of hydrogen-bond donors (Lipinski definition) is 1. The van der Waals surface area contributed by atoms with E-state index in [0.717, 1.165) is 17.5 Å². The number of nitrogens with one attached hydrogen (secondary N) is 1. The molecule has 1 N–H and O–H groups in total. The van der Waals surface area contributed by atoms with Crippen LogP contribution in [0.4, 0.5) is 10.5 Å². The Kier molecular flexibility index (Phi) is 5.43. The number of pyridine rings is 1. The average Bonchev–Trinajstić information content (AvgIpc) is 2.60. The fourth-order valence-corrected chi connectivity index (χ4v) is 3.37. The molecular formula is C20H22N2O3. The van der Waals surface area contributed by atoms with Gasteiger partial charge in [-0.15, -0.1) is 0 Å². The molecule has 3 rings (SSSR count). The number of benzene rings is 1. The maximum absolute atomic E-state index is 12.1. The van der Waals surface area contributed by atoms with E-state index in [1.54, 1.807) is 12.4 Å². The van der Waals surface area contributed by atoms with Crippen LogP contribution in [-0.2, 0) is 16.1 Å². The number of carbonyl (C=O) groups is 2. The summed E-state index contributed by atoms with van der Waals surface area (Å²) < 4.78 is 5.27. The molecule has 1 fully saturated rings. The fraction of sp³-hybridized carbons (Fsp3) is 0.350. The molecule has 25 heavy (non-hydrogen) atoms. The van der Waals surface area contributed by atoms with Gasteiger partial charge in [0.1, 0.15) is 12.4 Å². The van der Waals surface area contributed by atoms with E-state index < -0.39 is 6.09 Å². The normalized spacial score (nSPS) is 20.1. The Morgan fingerprint density at radius 3 is 2.80 bits per heavy atom. The van der Waals surface area contributed by atoms with Crippen LogP contribution in [0.2, 0.25) is 0 Å². The minimum absolute atomic E-state index is 0.115. The van der Waals surface area contributed by atoms with E-state index in [-0.39, 0.29) is 18.3 Å². The van der Waals surface area contributed by atoms with Gasteiger partial charge in [-0.2, -0.15) is 0 Å². The summed E-state index contributed by atoms with van der Waals surface area (Å²) in [5, 5.41) is 2.77. The van der Waals surface area contributed by atoms with Crippen LogP contribution in [0.5, 0.6) is 0 Å². The van der Waals surface area contributed by atoms with Gasteiger partial charge >= 0.3 is 6.09 Å². The first kappa shape index (κ1) is 17.1. The highest BCUT2D eigenvalue weighted by molar-refractivity contribution is 5.86. The van der Waals surface area contributed by atoms with Crippen LogP contribution in [0.1, 0.15) is 43.2 Å². The average molecular weight is 338 g/mol. The van der Waals surface area contributed by atoms with Crippen LogP contribution in [0.25, 0.3) is 0 Å². The first-order valence-corrected chi connectivity index (χ1v) is 8.55. The summed E-state index contributed by atoms with van der Waals surface area (Å²) in [5.74, 6) is 0.749. The van der Waals surface area contributed by atoms with Crippen molar-refractivity contribution in [2.75, 3.05) is 5.32 Å². The second kappa shape index (κ2) is 7.92. The van der Waals surface area contributed by atoms with E-state index in [0.29, 0.717) is 24.4 Å². The monoisotopic (exact) mass is 338 g/mol. The fourth-order valence-electron chi connectivity index (χ4n) is 3.37. The molecule has 1 aromatic carbocycles. The standard InChI is InChI=1S/C20H22N2O3/c1-14-9-16(11-17(23)10-14)18-7-8-21-12-19(18)22-20(24)25-13-15-5-3-2-4-6-15/h2-8,12,14,16H,9-11,13H2,1H3,(H,22,24)/t14-,16+/m0/s1. The molecule has 1 aliphatic rings. The molecule has 0 saturated heterocycles. The van der Waals surface area contributed by atoms with Crippen molar-refractivity contribution in [1.82, 2.24) is 4.98 Å². The maximum Gasteiger partial charge on any atom is 0.412 e. The lowest BCUT2D eigenvalue weighted by atomic mass is 9.78. The molecule has 1 amide bonds. The molecule has 2 aromatic rings. The van der Waals surface area contributed by atoms with Gasteiger partial charge in [-0.25, -0.2) is 4.79 Å². The van der Waals surface area contributed by atoms with E-state index >= 15 is 0 Å². The summed E-state index contributed by atoms with van der Waals surface area (Å²) in [6, 6.07) is 11.4. The zero-order valence-electron chi connectivity index (χ0n) is 14.3. The summed E-state index contributed by atoms with van der Waals surface area (Å²) in [6.45, 7) is 2.30. The van der Waals surface area contributed by atoms with Crippen LogP contribution in [0, 0.1) is 5.92 Å². The third-order valence-corrected chi connectivity index (χ3v) is 4.48. The SMILES string of the molecule is C[C@@H]1CC(=O)C[C@H](c2ccncc2NC(=O)OCc2ccccc2)C1. The van der Waals surface area contributed by atoms with Gasteiger partial charge in [-0.3, -0.25) is 15.1 Å². The number of nitrogens with zero attached hydrogens (tertiary/aromatic N) is 1. The minimum Gasteiger partial charge on any atom is -0.444 e. The molecule has 0 radical (unpaired) electrons. The Morgan fingerprint density at radius 1 is 1.24 bits per heavy atom. The smallest absolute Gasteiger partial charge is 0.412 e. The number of amides is 1. The number of rotatable bonds is 4. The van der Waals surface area contributed by atoms with E-state index in [4.69, 9.17) is 4.74 Å². The van der Waals surface area contributed by atoms with E-state index in [1.165, 1.54) is 0 Å². The Morgan fingerprint density at radius 2 is 2.04 bits per heavy atom. The summed E-state index contributed by atoms with van der Waals surface area (Å²) in [4.78, 5) is 28.1. The Hall–Kier alpha value is -2.69. The zero-order chi connectivity index (χ0) is 17.6. The van der Waals surface area contributed by atoms with Gasteiger partial charge in [0, 0.05) is 19.0 Å². The van der Waals surface area contributed by atoms with Gasteiger partial charge in [0.15, 0.2) is 0 Å². The van der Waals surface area contributed by atoms with Gasteiger partial charge in [0.2, 0.25) is 0 Å². The maximum atomic E-state index is 12.1. The summed E-state index contributed by atoms with van der Waals surface area (Å²) in [7, 11) is 0. The lowest BCUT2D eigenvalue weighted by Gasteiger charge is -2.27. The number of anilines is 1. The van der Waals surface area contributed by atoms with E-state index in [9.17, 15) is 9.59 Å². The van der Waals surface area contributed by atoms with Crippen LogP contribution < -0.4 is 5.32 Å². The highest BCUT2D eigenvalue weighted by Crippen LogP contribution is 2.37. The summed E-state index contributed by atoms with van der Waals surface area (Å²) in [6.07, 6.45) is 4.88. The quantitative estimate of drug-likeness (QED) is 0.902. The number of ketones is 1. The molecule has 0 bridgehead atoms. The predicted molar refractivity (Wildman–Crippen MR) is 95.2 cm³/mol. The summed E-state index contributed by atoms with van der Waals surface area (Å²) >= 11 is 0. The van der Waals surface area contributed by atoms with Crippen molar-refractivity contribution in [3.63, 3.8) is 0 Å². The van der Waals surface area contributed by atoms with E-state index in [2.05, 4.69) is 17.2 Å². The summed E-state index contributed by atoms with van der Waals surface area (Å²) in [5.41, 5.74) is 2.50. The topological polar surface area (TPSA) is 68.3 Å². The molecule has 1 aliphatic carbocycles. The van der Waals surface area contributed by atoms with Crippen LogP contribution in [0.3, 0.4) is 0 Å². The first-order valence-electron chi connectivity index (χ1n) is 8.55. The number of Topliss-reactive ketones (excluding diaryl/α,β-unsaturated/α-hetero) is 1. The molecule has 5 nitrogen and oxygen atoms in total. The Bertz CT molecular complexity index is 746. The van der Waals surface area contributed by atoms with Crippen molar-refractivity contribution < 1.29 is 14.3 Å². The molecule has 5 heteroatoms. The predicted octanol–water partition coefficient (Wildman–Crippen LogP) is 4.30. The Balaban J connectivity index is 1.66. The lowest BCUT2D eigenvalue weighted by molar-refractivity contribution is -0.121. The molecular weight excluding hydrogens is 316 g/mol. The highest BCUT2D eigenvalue weighted by Gasteiger charge is 2.27. The molecule has 1 saturated carbocycles. The molecule has 0 aliphatic heterocycles. The molecule has 2 atom stereocenters. The van der Waals surface area contributed by atoms with Gasteiger partial charge < -0.3 is 4.74 Å². The van der Waals surface area contributed by atoms with Crippen LogP contribution in [0.15, 0.2) is 48.8 Å². The molecule has 0 spiro atoms. The second-order valence-corrected chi connectivity index (χ2v) is 6.63. The van der Waals surface area contributed by atoms with Crippen LogP contribution >= 0.6 is 0 Å². The largest absolute Gasteiger partial charge is 0.444 e. The first-order chi connectivity index (χ1) is 12.1. The highest BCUT2D eigenvalue weighted by atomic mass is 16.5. The molecule has 130 valence electrons. The number of ether oxygens (including phenoxy) is 1. The molecule has 1 heterocycles. The van der Waals surface area contributed by atoms with Crippen molar-refractivity contribution in [2.24, 2.45) is 5.92 Å². The van der Waals surface area contributed by atoms with E-state index in [1.807, 2.05) is 36.4 Å². The Labute approximate surface area is 147 Å². The van der Waals surface area contributed by atoms with Crippen molar-refractivity contribution in [1.29, 1.82) is 0 Å². The lowest BCUT2D eigenvalue weighted by Crippen LogP contribution is -2.22. The van der Waals surface area contributed by atoms with Crippen molar-refractivity contribution in [3.05, 3.63) is 59.9 Å². The van der Waals surface area contributed by atoms with Crippen molar-refractivity contribution in [2.45, 2.75) is 38.7 Å². The second-order valence-electron chi connectivity index (χ2n) is 6.63. The zero-order valence-corrected chi connectivity index (χ0v) is 14.3. The third-order valence-electron chi connectivity index (χ3n) is 4.48. The number of carbonyl (C=O) groups excluding carboxylic acids is 2. The molecule has 1 aromatic heterocycles. The number of hydrogen-bond acceptors (Lipinski definition) is 4. The van der Waals surface area contributed by atoms with Gasteiger partial charge in [0.25, 0.3) is 0 Å². The van der Waals surface area contributed by atoms with Crippen LogP contribution in [-0.4, -0.2) is 16.9 Å². The minimum atomic E-state index is -0.520. The van der Waals surface area contributed by atoms with Gasteiger partial charge in [-0.05, 0) is 35.4 Å². The van der Waals surface area contributed by atoms with Gasteiger partial charge in [-0.1, -0.05) is 37.3 Å². The number of aromatic nitrogens is 1. The van der Waals surface area contributed by atoms with Crippen molar-refractivity contribution in [3.8, 4) is 0 Å². The van der Waals surface area contributed by atoms with Gasteiger partial charge in [0.05, 0.1) is 11.9 Å². The molecule has 0 unspecified atom stereocenters.